The topological polar surface area (TPSA) is 12.0 Å². The van der Waals surface area contributed by atoms with Gasteiger partial charge in [0.15, 0.2) is 0 Å². The lowest BCUT2D eigenvalue weighted by Gasteiger charge is -2.10. The van der Waals surface area contributed by atoms with Gasteiger partial charge in [-0.1, -0.05) is 0 Å². The fraction of sp³-hybridized carbons (Fsp3) is 0.333. The van der Waals surface area contributed by atoms with Gasteiger partial charge in [-0.15, -0.1) is 0 Å². The zero-order chi connectivity index (χ0) is 12.3. The molecule has 0 aliphatic rings. The van der Waals surface area contributed by atoms with Crippen LogP contribution in [0, 0.1) is 11.6 Å². The van der Waals surface area contributed by atoms with Crippen LogP contribution in [0.2, 0.25) is 0 Å². The van der Waals surface area contributed by atoms with Gasteiger partial charge in [-0.2, -0.15) is 13.2 Å². The van der Waals surface area contributed by atoms with Gasteiger partial charge in [-0.05, 0) is 22.0 Å². The van der Waals surface area contributed by atoms with Gasteiger partial charge < -0.3 is 5.32 Å². The van der Waals surface area contributed by atoms with Crippen molar-refractivity contribution in [3.8, 4) is 0 Å². The first kappa shape index (κ1) is 13.2. The Kier molecular flexibility index (Phi) is 4.12. The van der Waals surface area contributed by atoms with E-state index in [1.165, 1.54) is 0 Å². The van der Waals surface area contributed by atoms with Crippen LogP contribution in [-0.2, 0) is 0 Å². The summed E-state index contributed by atoms with van der Waals surface area (Å²) in [6.07, 6.45) is -5.39. The van der Waals surface area contributed by atoms with E-state index in [-0.39, 0.29) is 10.2 Å². The molecule has 0 saturated heterocycles. The second-order valence-electron chi connectivity index (χ2n) is 3.04. The van der Waals surface area contributed by atoms with Crippen molar-refractivity contribution in [2.45, 2.75) is 12.6 Å². The van der Waals surface area contributed by atoms with E-state index >= 15 is 0 Å². The molecule has 7 heteroatoms. The lowest BCUT2D eigenvalue weighted by atomic mass is 10.3. The number of alkyl halides is 3. The molecule has 1 rings (SSSR count). The number of rotatable bonds is 3. The van der Waals surface area contributed by atoms with Crippen LogP contribution in [0.1, 0.15) is 6.42 Å². The normalized spacial score (nSPS) is 11.6. The SMILES string of the molecule is Fc1cc(F)c(NCCC(F)(F)F)cc1Br. The smallest absolute Gasteiger partial charge is 0.382 e. The minimum absolute atomic E-state index is 0.0107. The molecule has 1 nitrogen and oxygen atoms in total. The third kappa shape index (κ3) is 3.96. The first-order valence-electron chi connectivity index (χ1n) is 4.25. The second-order valence-corrected chi connectivity index (χ2v) is 3.89. The van der Waals surface area contributed by atoms with E-state index in [0.717, 1.165) is 6.07 Å². The molecule has 0 unspecified atom stereocenters. The van der Waals surface area contributed by atoms with Gasteiger partial charge in [0.2, 0.25) is 0 Å². The highest BCUT2D eigenvalue weighted by Crippen LogP contribution is 2.25. The van der Waals surface area contributed by atoms with Crippen LogP contribution >= 0.6 is 15.9 Å². The van der Waals surface area contributed by atoms with Crippen molar-refractivity contribution in [2.75, 3.05) is 11.9 Å². The van der Waals surface area contributed by atoms with Gasteiger partial charge >= 0.3 is 6.18 Å². The summed E-state index contributed by atoms with van der Waals surface area (Å²) in [6.45, 7) is -0.460. The Morgan fingerprint density at radius 1 is 1.12 bits per heavy atom. The zero-order valence-electron chi connectivity index (χ0n) is 7.84. The Morgan fingerprint density at radius 3 is 2.31 bits per heavy atom. The molecule has 0 radical (unpaired) electrons. The van der Waals surface area contributed by atoms with Gasteiger partial charge in [0.1, 0.15) is 11.6 Å². The lowest BCUT2D eigenvalue weighted by molar-refractivity contribution is -0.131. The first-order valence-corrected chi connectivity index (χ1v) is 5.04. The van der Waals surface area contributed by atoms with Crippen LogP contribution in [0.25, 0.3) is 0 Å². The summed E-state index contributed by atoms with van der Waals surface area (Å²) in [6, 6.07) is 1.65. The Hall–Kier alpha value is -0.850. The molecular formula is C9H7BrF5N. The van der Waals surface area contributed by atoms with Gasteiger partial charge in [-0.3, -0.25) is 0 Å². The van der Waals surface area contributed by atoms with Crippen molar-refractivity contribution in [3.63, 3.8) is 0 Å². The monoisotopic (exact) mass is 303 g/mol. The maximum absolute atomic E-state index is 13.0. The van der Waals surface area contributed by atoms with Gasteiger partial charge in [-0.25, -0.2) is 8.78 Å². The van der Waals surface area contributed by atoms with Gasteiger partial charge in [0.05, 0.1) is 16.6 Å². The summed E-state index contributed by atoms with van der Waals surface area (Å²) < 4.78 is 61.2. The zero-order valence-corrected chi connectivity index (χ0v) is 9.42. The highest BCUT2D eigenvalue weighted by atomic mass is 79.9. The molecule has 0 aromatic heterocycles. The molecule has 0 heterocycles. The molecule has 0 spiro atoms. The van der Waals surface area contributed by atoms with Crippen molar-refractivity contribution >= 4 is 21.6 Å². The molecule has 90 valence electrons. The molecule has 16 heavy (non-hydrogen) atoms. The van der Waals surface area contributed by atoms with Gasteiger partial charge in [0.25, 0.3) is 0 Å². The van der Waals surface area contributed by atoms with Crippen LogP contribution < -0.4 is 5.32 Å². The summed E-state index contributed by atoms with van der Waals surface area (Å²) in [5, 5.41) is 2.25. The van der Waals surface area contributed by atoms with Crippen LogP contribution in [0.4, 0.5) is 27.6 Å². The van der Waals surface area contributed by atoms with Crippen molar-refractivity contribution in [3.05, 3.63) is 28.2 Å². The molecule has 0 aliphatic heterocycles. The Labute approximate surface area is 96.8 Å². The number of nitrogens with one attached hydrogen (secondary N) is 1. The summed E-state index contributed by atoms with van der Waals surface area (Å²) in [5.74, 6) is -1.73. The maximum Gasteiger partial charge on any atom is 0.390 e. The number of benzene rings is 1. The third-order valence-electron chi connectivity index (χ3n) is 1.73. The van der Waals surface area contributed by atoms with E-state index in [9.17, 15) is 22.0 Å². The standard InChI is InChI=1S/C9H7BrF5N/c10-5-3-8(7(12)4-6(5)11)16-2-1-9(13,14)15/h3-4,16H,1-2H2. The van der Waals surface area contributed by atoms with Gasteiger partial charge in [0, 0.05) is 12.6 Å². The fourth-order valence-corrected chi connectivity index (χ4v) is 1.34. The molecule has 0 aliphatic carbocycles. The van der Waals surface area contributed by atoms with Crippen LogP contribution in [0.3, 0.4) is 0 Å². The number of hydrogen-bond acceptors (Lipinski definition) is 1. The fourth-order valence-electron chi connectivity index (χ4n) is 0.997. The Morgan fingerprint density at radius 2 is 1.75 bits per heavy atom. The Bertz CT molecular complexity index is 377. The Balaban J connectivity index is 2.64. The minimum Gasteiger partial charge on any atom is -0.382 e. The van der Waals surface area contributed by atoms with E-state index in [0.29, 0.717) is 6.07 Å². The van der Waals surface area contributed by atoms with Crippen molar-refractivity contribution < 1.29 is 22.0 Å². The average molecular weight is 304 g/mol. The van der Waals surface area contributed by atoms with E-state index in [2.05, 4.69) is 21.2 Å². The highest BCUT2D eigenvalue weighted by Gasteiger charge is 2.26. The van der Waals surface area contributed by atoms with E-state index < -0.39 is 30.8 Å². The summed E-state index contributed by atoms with van der Waals surface area (Å²) >= 11 is 2.81. The molecule has 0 saturated carbocycles. The largest absolute Gasteiger partial charge is 0.390 e. The highest BCUT2D eigenvalue weighted by molar-refractivity contribution is 9.10. The predicted molar refractivity (Wildman–Crippen MR) is 53.2 cm³/mol. The average Bonchev–Trinajstić information content (AvgIpc) is 2.11. The maximum atomic E-state index is 13.0. The molecule has 0 fully saturated rings. The minimum atomic E-state index is -4.30. The molecule has 0 atom stereocenters. The molecule has 0 bridgehead atoms. The number of halogens is 6. The van der Waals surface area contributed by atoms with Crippen molar-refractivity contribution in [1.29, 1.82) is 0 Å². The van der Waals surface area contributed by atoms with Crippen LogP contribution in [-0.4, -0.2) is 12.7 Å². The molecule has 0 amide bonds. The summed E-state index contributed by atoms with van der Waals surface area (Å²) in [5.41, 5.74) is -0.169. The predicted octanol–water partition coefficient (Wildman–Crippen LogP) is 4.09. The third-order valence-corrected chi connectivity index (χ3v) is 2.34. The number of anilines is 1. The number of hydrogen-bond donors (Lipinski definition) is 1. The summed E-state index contributed by atoms with van der Waals surface area (Å²) in [7, 11) is 0. The molecule has 1 N–H and O–H groups in total. The first-order chi connectivity index (χ1) is 7.29. The van der Waals surface area contributed by atoms with E-state index in [4.69, 9.17) is 0 Å². The molecule has 1 aromatic carbocycles. The van der Waals surface area contributed by atoms with Crippen molar-refractivity contribution in [1.82, 2.24) is 0 Å². The molecule has 1 aromatic rings. The van der Waals surface area contributed by atoms with E-state index in [1.54, 1.807) is 0 Å². The summed E-state index contributed by atoms with van der Waals surface area (Å²) in [4.78, 5) is 0. The van der Waals surface area contributed by atoms with Crippen molar-refractivity contribution in [2.24, 2.45) is 0 Å². The second kappa shape index (κ2) is 4.99. The lowest BCUT2D eigenvalue weighted by Crippen LogP contribution is -2.15. The van der Waals surface area contributed by atoms with Crippen LogP contribution in [0.15, 0.2) is 16.6 Å². The molecular weight excluding hydrogens is 297 g/mol. The van der Waals surface area contributed by atoms with Crippen LogP contribution in [0.5, 0.6) is 0 Å². The van der Waals surface area contributed by atoms with E-state index in [1.807, 2.05) is 0 Å². The quantitative estimate of drug-likeness (QED) is 0.655.